The van der Waals surface area contributed by atoms with Gasteiger partial charge in [-0.05, 0) is 75.0 Å². The first-order valence-corrected chi connectivity index (χ1v) is 15.0. The monoisotopic (exact) mass is 562 g/mol. The van der Waals surface area contributed by atoms with E-state index in [1.807, 2.05) is 6.08 Å². The molecule has 0 saturated heterocycles. The Kier molecular flexibility index (Phi) is 6.02. The molecule has 2 nitrogen and oxygen atoms in total. The van der Waals surface area contributed by atoms with Gasteiger partial charge >= 0.3 is 0 Å². The summed E-state index contributed by atoms with van der Waals surface area (Å²) in [6.45, 7) is 5.98. The van der Waals surface area contributed by atoms with Gasteiger partial charge in [-0.25, -0.2) is 0 Å². The molecule has 0 unspecified atom stereocenters. The maximum Gasteiger partial charge on any atom is 0.0619 e. The summed E-state index contributed by atoms with van der Waals surface area (Å²) < 4.78 is 2.46. The molecular weight excluding hydrogens is 532 g/mol. The van der Waals surface area contributed by atoms with Crippen molar-refractivity contribution in [1.29, 1.82) is 5.41 Å². The minimum absolute atomic E-state index is 0.840. The Balaban J connectivity index is 1.46. The molecule has 0 bridgehead atoms. The summed E-state index contributed by atoms with van der Waals surface area (Å²) in [4.78, 5) is 0. The van der Waals surface area contributed by atoms with Gasteiger partial charge in [0.2, 0.25) is 0 Å². The van der Waals surface area contributed by atoms with Crippen molar-refractivity contribution in [3.8, 4) is 16.8 Å². The summed E-state index contributed by atoms with van der Waals surface area (Å²) in [6, 6.07) is 46.5. The Hall–Kier alpha value is -5.73. The zero-order valence-electron chi connectivity index (χ0n) is 24.5. The van der Waals surface area contributed by atoms with Crippen LogP contribution < -0.4 is 0 Å². The summed E-state index contributed by atoms with van der Waals surface area (Å²) in [5, 5.41) is 17.7. The van der Waals surface area contributed by atoms with E-state index in [1.54, 1.807) is 6.08 Å². The lowest BCUT2D eigenvalue weighted by Crippen LogP contribution is -1.96. The van der Waals surface area contributed by atoms with E-state index in [0.717, 1.165) is 22.2 Å². The van der Waals surface area contributed by atoms with E-state index in [0.29, 0.717) is 0 Å². The highest BCUT2D eigenvalue weighted by molar-refractivity contribution is 6.20. The van der Waals surface area contributed by atoms with Gasteiger partial charge in [-0.2, -0.15) is 0 Å². The van der Waals surface area contributed by atoms with Crippen molar-refractivity contribution in [2.24, 2.45) is 0 Å². The van der Waals surface area contributed by atoms with Crippen LogP contribution in [-0.2, 0) is 0 Å². The molecule has 8 aromatic rings. The van der Waals surface area contributed by atoms with Gasteiger partial charge in [0, 0.05) is 27.8 Å². The molecule has 1 N–H and O–H groups in total. The van der Waals surface area contributed by atoms with Gasteiger partial charge in [-0.1, -0.05) is 127 Å². The molecule has 0 atom stereocenters. The van der Waals surface area contributed by atoms with Gasteiger partial charge in [0.25, 0.3) is 0 Å². The quantitative estimate of drug-likeness (QED) is 0.160. The standard InChI is InChI=1S/C42H30N2/c1-3-7-35(26-43)32-16-19-37-34(24-32)18-21-39-38-20-17-33(31-15-14-29-22-27(2)12-13-30(29)23-31)25-41(38)44(42(37)39)40-11-6-9-28-8-4-5-10-36(28)40/h3-26,43H,1H2,2H3/b35-7+,43-26?. The molecule has 0 spiro atoms. The molecule has 0 aliphatic rings. The molecule has 0 aliphatic carbocycles. The SMILES string of the molecule is C=C/C=C(\C=N)c1ccc2c(ccc3c4ccc(-c5ccc6cc(C)ccc6c5)cc4n(-c4cccc5ccccc45)c23)c1. The third kappa shape index (κ3) is 4.07. The fourth-order valence-electron chi connectivity index (χ4n) is 6.75. The number of nitrogens with one attached hydrogen (secondary N) is 1. The van der Waals surface area contributed by atoms with E-state index in [4.69, 9.17) is 5.41 Å². The van der Waals surface area contributed by atoms with Crippen LogP contribution in [-0.4, -0.2) is 10.8 Å². The molecular formula is C42H30N2. The molecule has 208 valence electrons. The van der Waals surface area contributed by atoms with Crippen molar-refractivity contribution in [1.82, 2.24) is 4.57 Å². The molecule has 2 heteroatoms. The average molecular weight is 563 g/mol. The van der Waals surface area contributed by atoms with Crippen LogP contribution in [0.1, 0.15) is 11.1 Å². The lowest BCUT2D eigenvalue weighted by atomic mass is 9.98. The van der Waals surface area contributed by atoms with Crippen LogP contribution in [0.15, 0.2) is 146 Å². The van der Waals surface area contributed by atoms with E-state index < -0.39 is 0 Å². The molecule has 1 heterocycles. The molecule has 0 aliphatic heterocycles. The molecule has 1 aromatic heterocycles. The van der Waals surface area contributed by atoms with Crippen molar-refractivity contribution in [3.63, 3.8) is 0 Å². The maximum absolute atomic E-state index is 7.94. The van der Waals surface area contributed by atoms with Crippen molar-refractivity contribution >= 4 is 65.9 Å². The summed E-state index contributed by atoms with van der Waals surface area (Å²) in [7, 11) is 0. The van der Waals surface area contributed by atoms with E-state index in [9.17, 15) is 0 Å². The van der Waals surface area contributed by atoms with Gasteiger partial charge in [0.1, 0.15) is 0 Å². The Labute approximate surface area is 256 Å². The van der Waals surface area contributed by atoms with Crippen LogP contribution in [0.5, 0.6) is 0 Å². The first-order valence-electron chi connectivity index (χ1n) is 15.0. The van der Waals surface area contributed by atoms with Crippen LogP contribution in [0.25, 0.3) is 76.5 Å². The first kappa shape index (κ1) is 25.9. The average Bonchev–Trinajstić information content (AvgIpc) is 3.40. The van der Waals surface area contributed by atoms with Crippen LogP contribution in [0.2, 0.25) is 0 Å². The number of hydrogen-bond donors (Lipinski definition) is 1. The minimum atomic E-state index is 0.840. The number of hydrogen-bond acceptors (Lipinski definition) is 1. The minimum Gasteiger partial charge on any atom is -0.308 e. The van der Waals surface area contributed by atoms with Crippen molar-refractivity contribution in [3.05, 3.63) is 157 Å². The van der Waals surface area contributed by atoms with Gasteiger partial charge in [-0.15, -0.1) is 0 Å². The first-order chi connectivity index (χ1) is 21.6. The van der Waals surface area contributed by atoms with Crippen LogP contribution in [0.3, 0.4) is 0 Å². The molecule has 0 fully saturated rings. The normalized spacial score (nSPS) is 12.1. The summed E-state index contributed by atoms with van der Waals surface area (Å²) in [5.41, 5.74) is 9.06. The van der Waals surface area contributed by atoms with Crippen molar-refractivity contribution in [2.45, 2.75) is 6.92 Å². The van der Waals surface area contributed by atoms with E-state index in [2.05, 4.69) is 145 Å². The number of allylic oxidation sites excluding steroid dienone is 3. The number of aromatic nitrogens is 1. The topological polar surface area (TPSA) is 28.8 Å². The van der Waals surface area contributed by atoms with E-state index >= 15 is 0 Å². The lowest BCUT2D eigenvalue weighted by molar-refractivity contribution is 1.20. The Morgan fingerprint density at radius 1 is 0.614 bits per heavy atom. The fraction of sp³-hybridized carbons (Fsp3) is 0.0238. The van der Waals surface area contributed by atoms with Crippen molar-refractivity contribution < 1.29 is 0 Å². The second-order valence-corrected chi connectivity index (χ2v) is 11.5. The van der Waals surface area contributed by atoms with Crippen molar-refractivity contribution in [2.75, 3.05) is 0 Å². The maximum atomic E-state index is 7.94. The number of aryl methyl sites for hydroxylation is 1. The summed E-state index contributed by atoms with van der Waals surface area (Å²) in [5.74, 6) is 0. The molecule has 0 radical (unpaired) electrons. The lowest BCUT2D eigenvalue weighted by Gasteiger charge is -2.14. The number of benzene rings is 7. The highest BCUT2D eigenvalue weighted by Gasteiger charge is 2.18. The highest BCUT2D eigenvalue weighted by Crippen LogP contribution is 2.40. The van der Waals surface area contributed by atoms with Gasteiger partial charge in [0.15, 0.2) is 0 Å². The zero-order valence-corrected chi connectivity index (χ0v) is 24.5. The largest absolute Gasteiger partial charge is 0.308 e. The molecule has 44 heavy (non-hydrogen) atoms. The van der Waals surface area contributed by atoms with Gasteiger partial charge < -0.3 is 9.98 Å². The third-order valence-electron chi connectivity index (χ3n) is 8.87. The smallest absolute Gasteiger partial charge is 0.0619 e. The van der Waals surface area contributed by atoms with E-state index in [-0.39, 0.29) is 0 Å². The number of rotatable bonds is 5. The fourth-order valence-corrected chi connectivity index (χ4v) is 6.75. The predicted molar refractivity (Wildman–Crippen MR) is 190 cm³/mol. The molecule has 0 amide bonds. The number of fused-ring (bicyclic) bond motifs is 7. The Morgan fingerprint density at radius 3 is 2.23 bits per heavy atom. The number of nitrogens with zero attached hydrogens (tertiary/aromatic N) is 1. The van der Waals surface area contributed by atoms with E-state index in [1.165, 1.54) is 71.6 Å². The van der Waals surface area contributed by atoms with Gasteiger partial charge in [-0.3, -0.25) is 0 Å². The predicted octanol–water partition coefficient (Wildman–Crippen LogP) is 11.4. The molecule has 7 aromatic carbocycles. The van der Waals surface area contributed by atoms with Crippen LogP contribution >= 0.6 is 0 Å². The van der Waals surface area contributed by atoms with Crippen LogP contribution in [0, 0.1) is 12.3 Å². The molecule has 8 rings (SSSR count). The summed E-state index contributed by atoms with van der Waals surface area (Å²) in [6.07, 6.45) is 5.01. The summed E-state index contributed by atoms with van der Waals surface area (Å²) >= 11 is 0. The Morgan fingerprint density at radius 2 is 1.34 bits per heavy atom. The zero-order chi connectivity index (χ0) is 29.8. The Bertz CT molecular complexity index is 2480. The van der Waals surface area contributed by atoms with Gasteiger partial charge in [0.05, 0.1) is 16.7 Å². The second kappa shape index (κ2) is 10.2. The second-order valence-electron chi connectivity index (χ2n) is 11.5. The van der Waals surface area contributed by atoms with Crippen LogP contribution in [0.4, 0.5) is 0 Å². The third-order valence-corrected chi connectivity index (χ3v) is 8.87. The molecule has 0 saturated carbocycles. The highest BCUT2D eigenvalue weighted by atomic mass is 15.0.